The Morgan fingerprint density at radius 3 is 1.36 bits per heavy atom. The molecule has 0 unspecified atom stereocenters. The van der Waals surface area contributed by atoms with Crippen molar-refractivity contribution in [3.05, 3.63) is 24.3 Å². The number of hydrogen-bond donors (Lipinski definition) is 0. The maximum absolute atomic E-state index is 12.5. The molecule has 1 aliphatic heterocycles. The van der Waals surface area contributed by atoms with Gasteiger partial charge in [0.25, 0.3) is 0 Å². The zero-order valence-electron chi connectivity index (χ0n) is 10.7. The number of benzene rings is 1. The van der Waals surface area contributed by atoms with Crippen molar-refractivity contribution in [2.45, 2.75) is 12.4 Å². The number of hydrogen-bond acceptors (Lipinski definition) is 2. The fourth-order valence-electron chi connectivity index (χ4n) is 2.09. The summed E-state index contributed by atoms with van der Waals surface area (Å²) in [4.78, 5) is 23.3. The second-order valence-electron chi connectivity index (χ2n) is 4.40. The number of amides is 2. The lowest BCUT2D eigenvalue weighted by Crippen LogP contribution is -2.52. The third-order valence-electron chi connectivity index (χ3n) is 2.99. The Hall–Kier alpha value is -2.26. The van der Waals surface area contributed by atoms with Gasteiger partial charge in [0.15, 0.2) is 0 Å². The number of rotatable bonds is 0. The maximum atomic E-state index is 12.5. The Morgan fingerprint density at radius 1 is 0.773 bits per heavy atom. The molecule has 0 bridgehead atoms. The van der Waals surface area contributed by atoms with Crippen LogP contribution in [-0.2, 0) is 9.59 Å². The molecule has 4 nitrogen and oxygen atoms in total. The molecule has 0 fully saturated rings. The van der Waals surface area contributed by atoms with Gasteiger partial charge in [0, 0.05) is 13.1 Å². The van der Waals surface area contributed by atoms with Gasteiger partial charge in [-0.25, -0.2) is 0 Å². The molecule has 0 radical (unpaired) electrons. The average Bonchev–Trinajstić information content (AvgIpc) is 2.42. The Balaban J connectivity index is 2.44. The van der Waals surface area contributed by atoms with Gasteiger partial charge in [-0.3, -0.25) is 9.59 Å². The monoisotopic (exact) mass is 326 g/mol. The normalized spacial score (nSPS) is 15.5. The van der Waals surface area contributed by atoms with E-state index in [2.05, 4.69) is 0 Å². The highest BCUT2D eigenvalue weighted by Crippen LogP contribution is 2.37. The van der Waals surface area contributed by atoms with Gasteiger partial charge in [0.1, 0.15) is 0 Å². The van der Waals surface area contributed by atoms with E-state index in [-0.39, 0.29) is 0 Å². The Morgan fingerprint density at radius 2 is 1.09 bits per heavy atom. The topological polar surface area (TPSA) is 40.6 Å². The molecular formula is C12H8F6N2O2. The predicted molar refractivity (Wildman–Crippen MR) is 63.3 cm³/mol. The molecule has 1 aromatic carbocycles. The van der Waals surface area contributed by atoms with Crippen LogP contribution in [0.3, 0.4) is 0 Å². The Kier molecular flexibility index (Phi) is 3.80. The molecule has 0 atom stereocenters. The molecule has 1 aromatic rings. The summed E-state index contributed by atoms with van der Waals surface area (Å²) in [5.41, 5.74) is -0.789. The molecule has 2 amide bonds. The molecule has 120 valence electrons. The van der Waals surface area contributed by atoms with Gasteiger partial charge < -0.3 is 9.80 Å². The van der Waals surface area contributed by atoms with Crippen molar-refractivity contribution in [1.29, 1.82) is 0 Å². The summed E-state index contributed by atoms with van der Waals surface area (Å²) in [5.74, 6) is -4.39. The first-order valence-electron chi connectivity index (χ1n) is 5.90. The summed E-state index contributed by atoms with van der Waals surface area (Å²) < 4.78 is 75.1. The third kappa shape index (κ3) is 2.85. The Labute approximate surface area is 119 Å². The standard InChI is InChI=1S/C12H8F6N2O2/c13-11(14,15)9(21)19-5-6-20(10(22)12(16,17)18)8-4-2-1-3-7(8)19/h1-4H,5-6H2. The number of anilines is 2. The third-order valence-corrected chi connectivity index (χ3v) is 2.99. The highest BCUT2D eigenvalue weighted by Gasteiger charge is 2.48. The van der Waals surface area contributed by atoms with E-state index in [0.29, 0.717) is 9.80 Å². The lowest BCUT2D eigenvalue weighted by Gasteiger charge is -2.36. The van der Waals surface area contributed by atoms with Gasteiger partial charge in [0.05, 0.1) is 11.4 Å². The van der Waals surface area contributed by atoms with E-state index < -0.39 is 48.6 Å². The lowest BCUT2D eigenvalue weighted by atomic mass is 10.1. The number of alkyl halides is 6. The van der Waals surface area contributed by atoms with Crippen molar-refractivity contribution >= 4 is 23.2 Å². The Bertz CT molecular complexity index is 557. The van der Waals surface area contributed by atoms with E-state index in [1.165, 1.54) is 12.1 Å². The van der Waals surface area contributed by atoms with Crippen molar-refractivity contribution < 1.29 is 35.9 Å². The number of carbonyl (C=O) groups is 2. The summed E-state index contributed by atoms with van der Waals surface area (Å²) in [6.45, 7) is -1.37. The van der Waals surface area contributed by atoms with Gasteiger partial charge in [-0.05, 0) is 12.1 Å². The van der Waals surface area contributed by atoms with Crippen LogP contribution in [0.4, 0.5) is 37.7 Å². The molecule has 0 saturated heterocycles. The van der Waals surface area contributed by atoms with Crippen LogP contribution in [0.15, 0.2) is 24.3 Å². The van der Waals surface area contributed by atoms with Crippen LogP contribution >= 0.6 is 0 Å². The number of nitrogens with zero attached hydrogens (tertiary/aromatic N) is 2. The molecule has 0 saturated carbocycles. The highest BCUT2D eigenvalue weighted by atomic mass is 19.4. The van der Waals surface area contributed by atoms with E-state index in [4.69, 9.17) is 0 Å². The van der Waals surface area contributed by atoms with Crippen LogP contribution in [0.2, 0.25) is 0 Å². The summed E-state index contributed by atoms with van der Waals surface area (Å²) >= 11 is 0. The first kappa shape index (κ1) is 16.1. The second-order valence-corrected chi connectivity index (χ2v) is 4.40. The lowest BCUT2D eigenvalue weighted by molar-refractivity contribution is -0.171. The van der Waals surface area contributed by atoms with Crippen molar-refractivity contribution in [2.75, 3.05) is 22.9 Å². The van der Waals surface area contributed by atoms with Crippen LogP contribution in [-0.4, -0.2) is 37.3 Å². The van der Waals surface area contributed by atoms with Crippen molar-refractivity contribution in [3.63, 3.8) is 0 Å². The van der Waals surface area contributed by atoms with Gasteiger partial charge >= 0.3 is 24.2 Å². The molecule has 0 spiro atoms. The smallest absolute Gasteiger partial charge is 0.301 e. The summed E-state index contributed by atoms with van der Waals surface area (Å²) in [6, 6.07) is 4.62. The molecule has 22 heavy (non-hydrogen) atoms. The summed E-state index contributed by atoms with van der Waals surface area (Å²) in [7, 11) is 0. The molecule has 0 N–H and O–H groups in total. The maximum Gasteiger partial charge on any atom is 0.471 e. The summed E-state index contributed by atoms with van der Waals surface area (Å²) in [5, 5.41) is 0. The zero-order valence-corrected chi connectivity index (χ0v) is 10.7. The van der Waals surface area contributed by atoms with Crippen LogP contribution in [0.5, 0.6) is 0 Å². The van der Waals surface area contributed by atoms with E-state index in [0.717, 1.165) is 12.1 Å². The minimum Gasteiger partial charge on any atom is -0.301 e. The second kappa shape index (κ2) is 5.18. The van der Waals surface area contributed by atoms with Crippen molar-refractivity contribution in [1.82, 2.24) is 0 Å². The number of fused-ring (bicyclic) bond motifs is 1. The van der Waals surface area contributed by atoms with Crippen LogP contribution in [0, 0.1) is 0 Å². The number of para-hydroxylation sites is 2. The van der Waals surface area contributed by atoms with E-state index in [9.17, 15) is 35.9 Å². The SMILES string of the molecule is O=C(N1CCN(C(=O)C(F)(F)F)c2ccccc21)C(F)(F)F. The fraction of sp³-hybridized carbons (Fsp3) is 0.333. The van der Waals surface area contributed by atoms with Gasteiger partial charge in [-0.2, -0.15) is 26.3 Å². The van der Waals surface area contributed by atoms with Crippen molar-refractivity contribution in [2.24, 2.45) is 0 Å². The van der Waals surface area contributed by atoms with Crippen LogP contribution in [0.25, 0.3) is 0 Å². The molecule has 0 aliphatic carbocycles. The first-order valence-corrected chi connectivity index (χ1v) is 5.90. The minimum absolute atomic E-state index is 0.315. The predicted octanol–water partition coefficient (Wildman–Crippen LogP) is 2.49. The van der Waals surface area contributed by atoms with Gasteiger partial charge in [0.2, 0.25) is 0 Å². The number of carbonyl (C=O) groups excluding carboxylic acids is 2. The summed E-state index contributed by atoms with van der Waals surface area (Å²) in [6.07, 6.45) is -10.3. The zero-order chi connectivity index (χ0) is 16.7. The quantitative estimate of drug-likeness (QED) is 0.687. The van der Waals surface area contributed by atoms with Gasteiger partial charge in [-0.1, -0.05) is 12.1 Å². The van der Waals surface area contributed by atoms with Crippen molar-refractivity contribution in [3.8, 4) is 0 Å². The molecule has 10 heteroatoms. The first-order chi connectivity index (χ1) is 10.0. The fourth-order valence-corrected chi connectivity index (χ4v) is 2.09. The molecule has 2 rings (SSSR count). The van der Waals surface area contributed by atoms with Crippen LogP contribution < -0.4 is 9.80 Å². The van der Waals surface area contributed by atoms with E-state index in [1.54, 1.807) is 0 Å². The largest absolute Gasteiger partial charge is 0.471 e. The van der Waals surface area contributed by atoms with Gasteiger partial charge in [-0.15, -0.1) is 0 Å². The molecule has 1 aliphatic rings. The van der Waals surface area contributed by atoms with E-state index in [1.807, 2.05) is 0 Å². The van der Waals surface area contributed by atoms with Crippen LogP contribution in [0.1, 0.15) is 0 Å². The highest BCUT2D eigenvalue weighted by molar-refractivity contribution is 6.06. The average molecular weight is 326 g/mol. The molecule has 1 heterocycles. The van der Waals surface area contributed by atoms with E-state index >= 15 is 0 Å². The molecular weight excluding hydrogens is 318 g/mol. The minimum atomic E-state index is -5.16. The number of halogens is 6. The molecule has 0 aromatic heterocycles.